The standard InChI is InChI=1S/C7H11ClO3S/c1-3-11-6(9)4-12-7(10)5(2)8/h5H,3-4H2,1-2H3. The number of esters is 1. The smallest absolute Gasteiger partial charge is 0.316 e. The molecule has 0 radical (unpaired) electrons. The average Bonchev–Trinajstić information content (AvgIpc) is 2.00. The van der Waals surface area contributed by atoms with E-state index in [1.165, 1.54) is 0 Å². The predicted octanol–water partition coefficient (Wildman–Crippen LogP) is 1.44. The van der Waals surface area contributed by atoms with Crippen molar-refractivity contribution >= 4 is 34.4 Å². The Morgan fingerprint density at radius 2 is 2.17 bits per heavy atom. The van der Waals surface area contributed by atoms with Crippen LogP contribution in [0.25, 0.3) is 0 Å². The number of alkyl halides is 1. The van der Waals surface area contributed by atoms with Gasteiger partial charge >= 0.3 is 5.97 Å². The Balaban J connectivity index is 3.54. The molecule has 12 heavy (non-hydrogen) atoms. The summed E-state index contributed by atoms with van der Waals surface area (Å²) < 4.78 is 4.62. The van der Waals surface area contributed by atoms with Crippen LogP contribution in [0.1, 0.15) is 13.8 Å². The highest BCUT2D eigenvalue weighted by Gasteiger charge is 2.12. The minimum Gasteiger partial charge on any atom is -0.465 e. The molecule has 0 fully saturated rings. The van der Waals surface area contributed by atoms with E-state index in [9.17, 15) is 9.59 Å². The first-order chi connectivity index (χ1) is 5.57. The molecule has 3 nitrogen and oxygen atoms in total. The summed E-state index contributed by atoms with van der Waals surface area (Å²) >= 11 is 6.35. The summed E-state index contributed by atoms with van der Waals surface area (Å²) in [6.45, 7) is 3.63. The van der Waals surface area contributed by atoms with Crippen molar-refractivity contribution in [3.05, 3.63) is 0 Å². The lowest BCUT2D eigenvalue weighted by Crippen LogP contribution is -2.12. The highest BCUT2D eigenvalue weighted by atomic mass is 35.5. The maximum atomic E-state index is 10.9. The fraction of sp³-hybridized carbons (Fsp3) is 0.714. The number of carbonyl (C=O) groups is 2. The Morgan fingerprint density at radius 1 is 1.58 bits per heavy atom. The molecule has 0 aliphatic heterocycles. The summed E-state index contributed by atoms with van der Waals surface area (Å²) in [7, 11) is 0. The van der Waals surface area contributed by atoms with Crippen LogP contribution in [0.5, 0.6) is 0 Å². The van der Waals surface area contributed by atoms with Gasteiger partial charge in [-0.3, -0.25) is 9.59 Å². The Hall–Kier alpha value is -0.220. The van der Waals surface area contributed by atoms with Crippen molar-refractivity contribution in [2.24, 2.45) is 0 Å². The van der Waals surface area contributed by atoms with Gasteiger partial charge in [0.25, 0.3) is 0 Å². The van der Waals surface area contributed by atoms with E-state index in [2.05, 4.69) is 4.74 Å². The van der Waals surface area contributed by atoms with Crippen LogP contribution in [0.2, 0.25) is 0 Å². The molecule has 0 rings (SSSR count). The highest BCUT2D eigenvalue weighted by molar-refractivity contribution is 8.14. The molecule has 5 heteroatoms. The first-order valence-corrected chi connectivity index (χ1v) is 4.96. The zero-order chi connectivity index (χ0) is 9.56. The van der Waals surface area contributed by atoms with Gasteiger partial charge in [-0.25, -0.2) is 0 Å². The van der Waals surface area contributed by atoms with E-state index in [-0.39, 0.29) is 16.8 Å². The summed E-state index contributed by atoms with van der Waals surface area (Å²) in [5.41, 5.74) is 0. The molecule has 0 bridgehead atoms. The largest absolute Gasteiger partial charge is 0.465 e. The minimum atomic E-state index is -0.551. The fourth-order valence-corrected chi connectivity index (χ4v) is 1.21. The molecular formula is C7H11ClO3S. The highest BCUT2D eigenvalue weighted by Crippen LogP contribution is 2.09. The number of rotatable bonds is 4. The third-order valence-corrected chi connectivity index (χ3v) is 2.31. The number of thioether (sulfide) groups is 1. The zero-order valence-electron chi connectivity index (χ0n) is 7.00. The van der Waals surface area contributed by atoms with Crippen LogP contribution in [-0.4, -0.2) is 28.8 Å². The average molecular weight is 211 g/mol. The summed E-state index contributed by atoms with van der Waals surface area (Å²) in [5.74, 6) is -0.336. The van der Waals surface area contributed by atoms with Crippen molar-refractivity contribution < 1.29 is 14.3 Å². The molecule has 0 amide bonds. The molecule has 1 atom stereocenters. The van der Waals surface area contributed by atoms with E-state index >= 15 is 0 Å². The van der Waals surface area contributed by atoms with Gasteiger partial charge in [0.1, 0.15) is 0 Å². The predicted molar refractivity (Wildman–Crippen MR) is 49.4 cm³/mol. The van der Waals surface area contributed by atoms with Crippen molar-refractivity contribution in [1.29, 1.82) is 0 Å². The lowest BCUT2D eigenvalue weighted by Gasteiger charge is -2.01. The molecule has 0 aromatic heterocycles. The molecule has 0 aliphatic rings. The lowest BCUT2D eigenvalue weighted by molar-refractivity contribution is -0.140. The second-order valence-corrected chi connectivity index (χ2v) is 3.66. The van der Waals surface area contributed by atoms with Crippen molar-refractivity contribution in [3.63, 3.8) is 0 Å². The summed E-state index contributed by atoms with van der Waals surface area (Å²) in [5, 5.41) is -0.755. The SMILES string of the molecule is CCOC(=O)CSC(=O)C(C)Cl. The fourth-order valence-electron chi connectivity index (χ4n) is 0.448. The molecule has 0 spiro atoms. The van der Waals surface area contributed by atoms with Crippen LogP contribution >= 0.6 is 23.4 Å². The van der Waals surface area contributed by atoms with Crippen LogP contribution in [0.4, 0.5) is 0 Å². The first-order valence-electron chi connectivity index (χ1n) is 3.54. The summed E-state index contributed by atoms with van der Waals surface area (Å²) in [4.78, 5) is 21.6. The topological polar surface area (TPSA) is 43.4 Å². The first kappa shape index (κ1) is 11.8. The van der Waals surface area contributed by atoms with Gasteiger partial charge in [-0.15, -0.1) is 11.6 Å². The molecule has 0 aromatic rings. The van der Waals surface area contributed by atoms with E-state index in [0.29, 0.717) is 6.61 Å². The maximum Gasteiger partial charge on any atom is 0.316 e. The molecule has 0 heterocycles. The van der Waals surface area contributed by atoms with E-state index in [1.807, 2.05) is 0 Å². The van der Waals surface area contributed by atoms with Crippen LogP contribution in [0.3, 0.4) is 0 Å². The maximum absolute atomic E-state index is 10.9. The van der Waals surface area contributed by atoms with E-state index in [4.69, 9.17) is 11.6 Å². The third kappa shape index (κ3) is 5.43. The molecule has 0 N–H and O–H groups in total. The molecule has 70 valence electrons. The Kier molecular flexibility index (Phi) is 6.20. The van der Waals surface area contributed by atoms with Gasteiger partial charge in [-0.2, -0.15) is 0 Å². The zero-order valence-corrected chi connectivity index (χ0v) is 8.57. The summed E-state index contributed by atoms with van der Waals surface area (Å²) in [6.07, 6.45) is 0. The Bertz CT molecular complexity index is 170. The second kappa shape index (κ2) is 6.31. The molecule has 0 aliphatic carbocycles. The van der Waals surface area contributed by atoms with Crippen molar-refractivity contribution in [2.75, 3.05) is 12.4 Å². The summed E-state index contributed by atoms with van der Waals surface area (Å²) in [6, 6.07) is 0. The van der Waals surface area contributed by atoms with Crippen molar-refractivity contribution in [3.8, 4) is 0 Å². The minimum absolute atomic E-state index is 0.0454. The van der Waals surface area contributed by atoms with Crippen LogP contribution in [0, 0.1) is 0 Å². The molecule has 1 unspecified atom stereocenters. The Morgan fingerprint density at radius 3 is 2.58 bits per heavy atom. The molecule has 0 aromatic carbocycles. The number of hydrogen-bond donors (Lipinski definition) is 0. The van der Waals surface area contributed by atoms with Crippen molar-refractivity contribution in [2.45, 2.75) is 19.2 Å². The second-order valence-electron chi connectivity index (χ2n) is 2.03. The van der Waals surface area contributed by atoms with Gasteiger partial charge < -0.3 is 4.74 Å². The van der Waals surface area contributed by atoms with E-state index < -0.39 is 5.38 Å². The lowest BCUT2D eigenvalue weighted by atomic mass is 10.5. The van der Waals surface area contributed by atoms with E-state index in [0.717, 1.165) is 11.8 Å². The number of hydrogen-bond acceptors (Lipinski definition) is 4. The monoisotopic (exact) mass is 210 g/mol. The van der Waals surface area contributed by atoms with Crippen molar-refractivity contribution in [1.82, 2.24) is 0 Å². The number of halogens is 1. The van der Waals surface area contributed by atoms with Gasteiger partial charge in [0.2, 0.25) is 5.12 Å². The normalized spacial score (nSPS) is 12.2. The van der Waals surface area contributed by atoms with Gasteiger partial charge in [-0.1, -0.05) is 11.8 Å². The van der Waals surface area contributed by atoms with Crippen LogP contribution < -0.4 is 0 Å². The van der Waals surface area contributed by atoms with Crippen LogP contribution in [-0.2, 0) is 14.3 Å². The molecule has 0 saturated heterocycles. The van der Waals surface area contributed by atoms with Gasteiger partial charge in [-0.05, 0) is 13.8 Å². The van der Waals surface area contributed by atoms with Gasteiger partial charge in [0, 0.05) is 0 Å². The van der Waals surface area contributed by atoms with Gasteiger partial charge in [0.05, 0.1) is 17.7 Å². The molecule has 0 saturated carbocycles. The third-order valence-electron chi connectivity index (χ3n) is 0.962. The van der Waals surface area contributed by atoms with Crippen LogP contribution in [0.15, 0.2) is 0 Å². The number of carbonyl (C=O) groups excluding carboxylic acids is 2. The Labute approximate surface area is 80.8 Å². The number of ether oxygens (including phenoxy) is 1. The van der Waals surface area contributed by atoms with Gasteiger partial charge in [0.15, 0.2) is 0 Å². The molecular weight excluding hydrogens is 200 g/mol. The van der Waals surface area contributed by atoms with E-state index in [1.54, 1.807) is 13.8 Å². The quantitative estimate of drug-likeness (QED) is 0.520.